The number of benzene rings is 1. The molecule has 0 atom stereocenters. The third kappa shape index (κ3) is 1.59. The summed E-state index contributed by atoms with van der Waals surface area (Å²) >= 11 is 3.56. The molecule has 88 valence electrons. The summed E-state index contributed by atoms with van der Waals surface area (Å²) in [5.41, 5.74) is 8.57. The normalized spacial score (nSPS) is 11.6. The summed E-state index contributed by atoms with van der Waals surface area (Å²) in [5, 5.41) is 2.16. The van der Waals surface area contributed by atoms with E-state index in [1.54, 1.807) is 12.5 Å². The molecule has 0 saturated heterocycles. The highest BCUT2D eigenvalue weighted by Crippen LogP contribution is 2.37. The molecule has 3 aromatic rings. The fraction of sp³-hybridized carbons (Fsp3) is 0.231. The lowest BCUT2D eigenvalue weighted by molar-refractivity contribution is 0.606. The van der Waals surface area contributed by atoms with Gasteiger partial charge in [-0.05, 0) is 47.4 Å². The Labute approximate surface area is 107 Å². The summed E-state index contributed by atoms with van der Waals surface area (Å²) in [6.07, 6.45) is 5.27. The Morgan fingerprint density at radius 3 is 2.53 bits per heavy atom. The van der Waals surface area contributed by atoms with E-state index >= 15 is 0 Å². The lowest BCUT2D eigenvalue weighted by atomic mass is 10.0. The van der Waals surface area contributed by atoms with Gasteiger partial charge in [0.2, 0.25) is 0 Å². The number of furan rings is 2. The summed E-state index contributed by atoms with van der Waals surface area (Å²) < 4.78 is 12.1. The molecule has 0 bridgehead atoms. The summed E-state index contributed by atoms with van der Waals surface area (Å²) in [7, 11) is 0. The SMILES string of the molecule is NCCCc1c2ccoc2c(Br)c2ccoc12. The first-order valence-corrected chi connectivity index (χ1v) is 6.37. The fourth-order valence-electron chi connectivity index (χ4n) is 2.20. The van der Waals surface area contributed by atoms with Crippen LogP contribution in [0.15, 0.2) is 38.0 Å². The molecule has 0 saturated carbocycles. The smallest absolute Gasteiger partial charge is 0.149 e. The molecule has 4 heteroatoms. The van der Waals surface area contributed by atoms with Crippen molar-refractivity contribution < 1.29 is 8.83 Å². The molecule has 0 fully saturated rings. The van der Waals surface area contributed by atoms with Crippen LogP contribution >= 0.6 is 15.9 Å². The van der Waals surface area contributed by atoms with Crippen molar-refractivity contribution in [3.05, 3.63) is 34.7 Å². The topological polar surface area (TPSA) is 52.3 Å². The molecule has 2 aromatic heterocycles. The number of rotatable bonds is 3. The van der Waals surface area contributed by atoms with Crippen molar-refractivity contribution in [2.45, 2.75) is 12.8 Å². The Morgan fingerprint density at radius 2 is 1.76 bits per heavy atom. The second-order valence-electron chi connectivity index (χ2n) is 4.01. The van der Waals surface area contributed by atoms with Crippen LogP contribution in [-0.2, 0) is 6.42 Å². The second kappa shape index (κ2) is 4.20. The van der Waals surface area contributed by atoms with Gasteiger partial charge in [0.1, 0.15) is 11.2 Å². The Morgan fingerprint density at radius 1 is 1.06 bits per heavy atom. The minimum atomic E-state index is 0.678. The third-order valence-electron chi connectivity index (χ3n) is 3.00. The maximum atomic E-state index is 5.59. The first kappa shape index (κ1) is 10.9. The van der Waals surface area contributed by atoms with Gasteiger partial charge in [-0.3, -0.25) is 0 Å². The molecule has 2 N–H and O–H groups in total. The summed E-state index contributed by atoms with van der Waals surface area (Å²) in [4.78, 5) is 0. The maximum absolute atomic E-state index is 5.59. The zero-order valence-electron chi connectivity index (χ0n) is 9.20. The molecule has 0 aliphatic rings. The zero-order valence-corrected chi connectivity index (χ0v) is 10.8. The van der Waals surface area contributed by atoms with Crippen molar-refractivity contribution in [2.24, 2.45) is 5.73 Å². The van der Waals surface area contributed by atoms with Crippen molar-refractivity contribution in [2.75, 3.05) is 6.54 Å². The third-order valence-corrected chi connectivity index (χ3v) is 3.78. The molecule has 0 amide bonds. The van der Waals surface area contributed by atoms with Gasteiger partial charge in [-0.1, -0.05) is 0 Å². The van der Waals surface area contributed by atoms with E-state index in [-0.39, 0.29) is 0 Å². The number of nitrogens with two attached hydrogens (primary N) is 1. The van der Waals surface area contributed by atoms with Gasteiger partial charge >= 0.3 is 0 Å². The second-order valence-corrected chi connectivity index (χ2v) is 4.80. The van der Waals surface area contributed by atoms with Gasteiger partial charge < -0.3 is 14.6 Å². The fourth-order valence-corrected chi connectivity index (χ4v) is 2.82. The molecule has 0 unspecified atom stereocenters. The molecule has 3 nitrogen and oxygen atoms in total. The average Bonchev–Trinajstić information content (AvgIpc) is 2.97. The predicted octanol–water partition coefficient (Wildman–Crippen LogP) is 3.83. The van der Waals surface area contributed by atoms with E-state index in [1.165, 1.54) is 5.56 Å². The van der Waals surface area contributed by atoms with Crippen LogP contribution in [-0.4, -0.2) is 6.54 Å². The van der Waals surface area contributed by atoms with Gasteiger partial charge in [0.25, 0.3) is 0 Å². The number of aryl methyl sites for hydroxylation is 1. The number of fused-ring (bicyclic) bond motifs is 2. The van der Waals surface area contributed by atoms with E-state index in [9.17, 15) is 0 Å². The molecule has 0 aliphatic carbocycles. The van der Waals surface area contributed by atoms with E-state index < -0.39 is 0 Å². The van der Waals surface area contributed by atoms with Crippen LogP contribution in [0.3, 0.4) is 0 Å². The molecule has 3 rings (SSSR count). The van der Waals surface area contributed by atoms with Gasteiger partial charge in [0.05, 0.1) is 17.0 Å². The lowest BCUT2D eigenvalue weighted by Crippen LogP contribution is -2.00. The van der Waals surface area contributed by atoms with Gasteiger partial charge in [-0.25, -0.2) is 0 Å². The van der Waals surface area contributed by atoms with E-state index in [0.717, 1.165) is 39.3 Å². The van der Waals surface area contributed by atoms with Crippen molar-refractivity contribution >= 4 is 37.9 Å². The molecule has 0 spiro atoms. The molecular formula is C13H12BrNO2. The molecule has 1 aromatic carbocycles. The maximum Gasteiger partial charge on any atom is 0.149 e. The highest BCUT2D eigenvalue weighted by atomic mass is 79.9. The van der Waals surface area contributed by atoms with Gasteiger partial charge in [-0.15, -0.1) is 0 Å². The quantitative estimate of drug-likeness (QED) is 0.798. The first-order chi connectivity index (χ1) is 8.33. The zero-order chi connectivity index (χ0) is 11.8. The minimum Gasteiger partial charge on any atom is -0.464 e. The van der Waals surface area contributed by atoms with E-state index in [4.69, 9.17) is 14.6 Å². The monoisotopic (exact) mass is 293 g/mol. The van der Waals surface area contributed by atoms with Crippen LogP contribution < -0.4 is 5.73 Å². The standard InChI is InChI=1S/C13H12BrNO2/c14-11-10-4-7-16-12(10)8(2-1-5-15)9-3-6-17-13(9)11/h3-4,6-7H,1-2,5,15H2. The van der Waals surface area contributed by atoms with Crippen LogP contribution in [0.2, 0.25) is 0 Å². The molecule has 0 radical (unpaired) electrons. The van der Waals surface area contributed by atoms with Crippen molar-refractivity contribution in [3.63, 3.8) is 0 Å². The van der Waals surface area contributed by atoms with Crippen molar-refractivity contribution in [3.8, 4) is 0 Å². The van der Waals surface area contributed by atoms with Gasteiger partial charge in [0.15, 0.2) is 0 Å². The lowest BCUT2D eigenvalue weighted by Gasteiger charge is -2.05. The molecule has 2 heterocycles. The van der Waals surface area contributed by atoms with Crippen molar-refractivity contribution in [1.82, 2.24) is 0 Å². The number of hydrogen-bond acceptors (Lipinski definition) is 3. The van der Waals surface area contributed by atoms with Gasteiger partial charge in [-0.2, -0.15) is 0 Å². The van der Waals surface area contributed by atoms with Crippen LogP contribution in [0.4, 0.5) is 0 Å². The minimum absolute atomic E-state index is 0.678. The Kier molecular flexibility index (Phi) is 2.68. The molecular weight excluding hydrogens is 282 g/mol. The van der Waals surface area contributed by atoms with Gasteiger partial charge in [0, 0.05) is 16.3 Å². The Bertz CT molecular complexity index is 617. The number of hydrogen-bond donors (Lipinski definition) is 1. The highest BCUT2D eigenvalue weighted by molar-refractivity contribution is 9.10. The van der Waals surface area contributed by atoms with E-state index in [1.807, 2.05) is 12.1 Å². The van der Waals surface area contributed by atoms with Crippen LogP contribution in [0.1, 0.15) is 12.0 Å². The predicted molar refractivity (Wildman–Crippen MR) is 71.1 cm³/mol. The van der Waals surface area contributed by atoms with Crippen LogP contribution in [0, 0.1) is 0 Å². The van der Waals surface area contributed by atoms with E-state index in [0.29, 0.717) is 6.54 Å². The average molecular weight is 294 g/mol. The van der Waals surface area contributed by atoms with Crippen LogP contribution in [0.25, 0.3) is 21.9 Å². The summed E-state index contributed by atoms with van der Waals surface area (Å²) in [5.74, 6) is 0. The van der Waals surface area contributed by atoms with Crippen LogP contribution in [0.5, 0.6) is 0 Å². The van der Waals surface area contributed by atoms with Crippen molar-refractivity contribution in [1.29, 1.82) is 0 Å². The Hall–Kier alpha value is -1.26. The number of halogens is 1. The Balaban J connectivity index is 2.35. The molecule has 0 aliphatic heterocycles. The molecule has 17 heavy (non-hydrogen) atoms. The highest BCUT2D eigenvalue weighted by Gasteiger charge is 2.16. The summed E-state index contributed by atoms with van der Waals surface area (Å²) in [6.45, 7) is 0.678. The van der Waals surface area contributed by atoms with E-state index in [2.05, 4.69) is 15.9 Å². The first-order valence-electron chi connectivity index (χ1n) is 5.57. The largest absolute Gasteiger partial charge is 0.464 e. The summed E-state index contributed by atoms with van der Waals surface area (Å²) in [6, 6.07) is 3.93.